The first kappa shape index (κ1) is 36.9. The number of hydrogen-bond donors (Lipinski definition) is 4. The van der Waals surface area contributed by atoms with Gasteiger partial charge in [0, 0.05) is 18.5 Å². The Labute approximate surface area is 312 Å². The molecule has 12 heteroatoms. The molecule has 2 saturated carbocycles. The summed E-state index contributed by atoms with van der Waals surface area (Å²) in [6, 6.07) is 19.9. The van der Waals surface area contributed by atoms with Crippen LogP contribution in [0.15, 0.2) is 72.8 Å². The molecule has 0 heterocycles. The van der Waals surface area contributed by atoms with Gasteiger partial charge in [0.2, 0.25) is 0 Å². The first-order valence-corrected chi connectivity index (χ1v) is 18.2. The monoisotopic (exact) mass is 894 g/mol. The average Bonchev–Trinajstić information content (AvgIpc) is 3.73. The smallest absolute Gasteiger partial charge is 0.276 e. The fourth-order valence-corrected chi connectivity index (χ4v) is 6.52. The molecule has 49 heavy (non-hydrogen) atoms. The van der Waals surface area contributed by atoms with Gasteiger partial charge in [-0.25, -0.2) is 19.7 Å². The van der Waals surface area contributed by atoms with Gasteiger partial charge in [-0.1, -0.05) is 12.8 Å². The molecule has 4 N–H and O–H groups in total. The standard InChI is InChI=1S/C19H20FIN2O2.C18H18FIN2O2/c1-12-10-14(21)7-9-17(12)22-18-11-13(20)6-8-16(18)19(24)23-25-15-4-2-3-5-15;1-11-8-14(20)5-7-16(11)21-17-9-13(19)4-6-15(17)18(23)22-24-10-12-2-3-12/h6-11,15,22H,2-5H2,1H3,(H,23,24);4-9,12,21H,2-3,10H2,1H3,(H,22,23). The number of rotatable bonds is 11. The van der Waals surface area contributed by atoms with Crippen LogP contribution in [0.25, 0.3) is 0 Å². The molecule has 0 atom stereocenters. The van der Waals surface area contributed by atoms with Crippen molar-refractivity contribution in [3.05, 3.63) is 114 Å². The molecule has 8 nitrogen and oxygen atoms in total. The molecule has 0 bridgehead atoms. The van der Waals surface area contributed by atoms with E-state index in [9.17, 15) is 18.4 Å². The number of amides is 2. The number of nitrogens with one attached hydrogen (secondary N) is 4. The number of benzene rings is 4. The Balaban J connectivity index is 0.000000191. The maximum absolute atomic E-state index is 13.7. The summed E-state index contributed by atoms with van der Waals surface area (Å²) in [6.07, 6.45) is 6.51. The average molecular weight is 895 g/mol. The van der Waals surface area contributed by atoms with Crippen molar-refractivity contribution >= 4 is 79.7 Å². The summed E-state index contributed by atoms with van der Waals surface area (Å²) in [4.78, 5) is 35.5. The van der Waals surface area contributed by atoms with E-state index >= 15 is 0 Å². The van der Waals surface area contributed by atoms with Gasteiger partial charge in [0.15, 0.2) is 0 Å². The second-order valence-electron chi connectivity index (χ2n) is 12.2. The Bertz CT molecular complexity index is 1800. The fourth-order valence-electron chi connectivity index (χ4n) is 5.22. The lowest BCUT2D eigenvalue weighted by atomic mass is 10.1. The Morgan fingerprint density at radius 3 is 1.63 bits per heavy atom. The predicted octanol–water partition coefficient (Wildman–Crippen LogP) is 9.64. The zero-order valence-electron chi connectivity index (χ0n) is 27.2. The normalized spacial score (nSPS) is 14.1. The maximum atomic E-state index is 13.7. The zero-order valence-corrected chi connectivity index (χ0v) is 31.5. The van der Waals surface area contributed by atoms with E-state index in [1.54, 1.807) is 0 Å². The van der Waals surface area contributed by atoms with E-state index in [0.29, 0.717) is 35.0 Å². The molecule has 2 fully saturated rings. The number of carbonyl (C=O) groups is 2. The summed E-state index contributed by atoms with van der Waals surface area (Å²) >= 11 is 4.47. The fraction of sp³-hybridized carbons (Fsp3) is 0.297. The highest BCUT2D eigenvalue weighted by Crippen LogP contribution is 2.30. The van der Waals surface area contributed by atoms with Gasteiger partial charge in [-0.2, -0.15) is 0 Å². The number of hydrogen-bond acceptors (Lipinski definition) is 6. The van der Waals surface area contributed by atoms with Crippen molar-refractivity contribution in [2.45, 2.75) is 58.5 Å². The first-order valence-electron chi connectivity index (χ1n) is 16.1. The maximum Gasteiger partial charge on any atom is 0.276 e. The molecule has 0 aromatic heterocycles. The van der Waals surface area contributed by atoms with E-state index < -0.39 is 11.6 Å². The minimum atomic E-state index is -0.406. The van der Waals surface area contributed by atoms with Crippen LogP contribution in [0.4, 0.5) is 31.5 Å². The second kappa shape index (κ2) is 17.5. The van der Waals surface area contributed by atoms with E-state index in [1.807, 2.05) is 50.2 Å². The predicted molar refractivity (Wildman–Crippen MR) is 204 cm³/mol. The van der Waals surface area contributed by atoms with Gasteiger partial charge in [-0.05, 0) is 175 Å². The first-order chi connectivity index (χ1) is 23.5. The quantitative estimate of drug-likeness (QED) is 0.0885. The lowest BCUT2D eigenvalue weighted by Crippen LogP contribution is -2.28. The molecule has 258 valence electrons. The van der Waals surface area contributed by atoms with Crippen molar-refractivity contribution in [2.75, 3.05) is 17.2 Å². The number of hydroxylamine groups is 2. The van der Waals surface area contributed by atoms with Crippen LogP contribution < -0.4 is 21.6 Å². The van der Waals surface area contributed by atoms with Crippen LogP contribution in [0, 0.1) is 38.5 Å². The van der Waals surface area contributed by atoms with Crippen LogP contribution in [0.2, 0.25) is 0 Å². The van der Waals surface area contributed by atoms with Crippen LogP contribution in [-0.2, 0) is 9.68 Å². The molecular formula is C37H38F2I2N4O4. The topological polar surface area (TPSA) is 101 Å². The summed E-state index contributed by atoms with van der Waals surface area (Å²) in [5.41, 5.74) is 10.1. The van der Waals surface area contributed by atoms with Gasteiger partial charge in [0.25, 0.3) is 11.8 Å². The summed E-state index contributed by atoms with van der Waals surface area (Å²) in [5.74, 6) is -1.03. The molecule has 0 saturated heterocycles. The summed E-state index contributed by atoms with van der Waals surface area (Å²) in [5, 5.41) is 6.30. The van der Waals surface area contributed by atoms with Crippen LogP contribution in [0.3, 0.4) is 0 Å². The molecule has 6 rings (SSSR count). The van der Waals surface area contributed by atoms with Gasteiger partial charge in [0.1, 0.15) is 11.6 Å². The number of halogens is 4. The lowest BCUT2D eigenvalue weighted by Gasteiger charge is -2.16. The van der Waals surface area contributed by atoms with Gasteiger partial charge < -0.3 is 10.6 Å². The van der Waals surface area contributed by atoms with Crippen molar-refractivity contribution in [1.82, 2.24) is 11.0 Å². The Morgan fingerprint density at radius 1 is 0.673 bits per heavy atom. The van der Waals surface area contributed by atoms with Crippen molar-refractivity contribution < 1.29 is 28.0 Å². The van der Waals surface area contributed by atoms with E-state index in [1.165, 1.54) is 36.4 Å². The van der Waals surface area contributed by atoms with E-state index in [0.717, 1.165) is 68.2 Å². The molecular weight excluding hydrogens is 856 g/mol. The van der Waals surface area contributed by atoms with E-state index in [4.69, 9.17) is 9.68 Å². The van der Waals surface area contributed by atoms with Crippen molar-refractivity contribution in [1.29, 1.82) is 0 Å². The SMILES string of the molecule is Cc1cc(I)ccc1Nc1cc(F)ccc1C(=O)NOC1CCCC1.Cc1cc(I)ccc1Nc1cc(F)ccc1C(=O)NOCC1CC1. The van der Waals surface area contributed by atoms with Crippen LogP contribution in [0.5, 0.6) is 0 Å². The molecule has 0 unspecified atom stereocenters. The number of carbonyl (C=O) groups excluding carboxylic acids is 2. The molecule has 2 amide bonds. The Morgan fingerprint density at radius 2 is 1.16 bits per heavy atom. The third kappa shape index (κ3) is 11.1. The van der Waals surface area contributed by atoms with Crippen molar-refractivity contribution in [2.24, 2.45) is 5.92 Å². The highest BCUT2D eigenvalue weighted by molar-refractivity contribution is 14.1. The molecule has 2 aliphatic carbocycles. The molecule has 4 aromatic rings. The van der Waals surface area contributed by atoms with Crippen molar-refractivity contribution in [3.8, 4) is 0 Å². The summed E-state index contributed by atoms with van der Waals surface area (Å²) in [6.45, 7) is 4.45. The van der Waals surface area contributed by atoms with E-state index in [-0.39, 0.29) is 17.9 Å². The van der Waals surface area contributed by atoms with Crippen molar-refractivity contribution in [3.63, 3.8) is 0 Å². The van der Waals surface area contributed by atoms with Crippen LogP contribution >= 0.6 is 45.2 Å². The molecule has 2 aliphatic rings. The van der Waals surface area contributed by atoms with Gasteiger partial charge in [-0.3, -0.25) is 19.3 Å². The summed E-state index contributed by atoms with van der Waals surface area (Å²) < 4.78 is 29.6. The van der Waals surface area contributed by atoms with Gasteiger partial charge in [0.05, 0.1) is 35.2 Å². The zero-order chi connectivity index (χ0) is 34.9. The minimum Gasteiger partial charge on any atom is -0.355 e. The number of anilines is 4. The number of aryl methyl sites for hydroxylation is 2. The largest absolute Gasteiger partial charge is 0.355 e. The lowest BCUT2D eigenvalue weighted by molar-refractivity contribution is -0.0124. The third-order valence-electron chi connectivity index (χ3n) is 8.17. The molecule has 0 spiro atoms. The highest BCUT2D eigenvalue weighted by Gasteiger charge is 2.23. The Kier molecular flexibility index (Phi) is 13.2. The van der Waals surface area contributed by atoms with Crippen LogP contribution in [0.1, 0.15) is 70.4 Å². The third-order valence-corrected chi connectivity index (χ3v) is 9.51. The molecule has 4 aromatic carbocycles. The second-order valence-corrected chi connectivity index (χ2v) is 14.7. The highest BCUT2D eigenvalue weighted by atomic mass is 127. The van der Waals surface area contributed by atoms with Gasteiger partial charge >= 0.3 is 0 Å². The summed E-state index contributed by atoms with van der Waals surface area (Å²) in [7, 11) is 0. The molecule has 0 aliphatic heterocycles. The van der Waals surface area contributed by atoms with Gasteiger partial charge in [-0.15, -0.1) is 0 Å². The molecule has 0 radical (unpaired) electrons. The van der Waals surface area contributed by atoms with E-state index in [2.05, 4.69) is 66.8 Å². The van der Waals surface area contributed by atoms with Crippen LogP contribution in [-0.4, -0.2) is 24.5 Å². The Hall–Kier alpha value is -3.34. The minimum absolute atomic E-state index is 0.0688.